The highest BCUT2D eigenvalue weighted by Crippen LogP contribution is 2.23. The molecule has 6 N–H and O–H groups in total. The molecule has 6 atom stereocenters. The average molecular weight is 399 g/mol. The minimum atomic E-state index is -0.952. The Morgan fingerprint density at radius 1 is 1.25 bits per heavy atom. The van der Waals surface area contributed by atoms with E-state index in [4.69, 9.17) is 5.73 Å². The molecular weight excluding hydrogens is 363 g/mol. The maximum Gasteiger partial charge on any atom is 0.229 e. The summed E-state index contributed by atoms with van der Waals surface area (Å²) >= 11 is 0. The van der Waals surface area contributed by atoms with Gasteiger partial charge in [-0.25, -0.2) is 14.8 Å². The lowest BCUT2D eigenvalue weighted by atomic mass is 9.95. The first-order chi connectivity index (χ1) is 13.6. The minimum Gasteiger partial charge on any atom is -0.350 e. The van der Waals surface area contributed by atoms with Crippen molar-refractivity contribution in [2.45, 2.75) is 43.9 Å². The van der Waals surface area contributed by atoms with Crippen molar-refractivity contribution < 1.29 is 9.18 Å². The number of hydrogen-bond donors (Lipinski definition) is 5. The van der Waals surface area contributed by atoms with E-state index in [1.807, 2.05) is 0 Å². The van der Waals surface area contributed by atoms with Crippen molar-refractivity contribution >= 4 is 5.91 Å². The molecule has 0 bridgehead atoms. The summed E-state index contributed by atoms with van der Waals surface area (Å²) in [4.78, 5) is 18.1. The average Bonchev–Trinajstić information content (AvgIpc) is 3.03. The first-order valence-electron chi connectivity index (χ1n) is 10.7. The van der Waals surface area contributed by atoms with E-state index < -0.39 is 18.3 Å². The van der Waals surface area contributed by atoms with Crippen LogP contribution < -0.4 is 27.1 Å². The standard InChI is InChI=1S/C18H35FN8O/c1-2-25-5-7-26(8-6-25)14-3-4-21-10-13(14)23-18(28)15-16(20)24-27-11-12(19)9-22-17(15)27/h12-17,21-22,24H,2-11,20H2,1H3,(H,23,28). The van der Waals surface area contributed by atoms with Gasteiger partial charge >= 0.3 is 0 Å². The summed E-state index contributed by atoms with van der Waals surface area (Å²) in [5.41, 5.74) is 9.25. The van der Waals surface area contributed by atoms with Gasteiger partial charge in [0.15, 0.2) is 0 Å². The molecule has 4 saturated heterocycles. The van der Waals surface area contributed by atoms with Gasteiger partial charge < -0.3 is 21.3 Å². The van der Waals surface area contributed by atoms with Crippen molar-refractivity contribution in [3.63, 3.8) is 0 Å². The zero-order chi connectivity index (χ0) is 19.7. The predicted molar refractivity (Wildman–Crippen MR) is 105 cm³/mol. The molecule has 6 unspecified atom stereocenters. The van der Waals surface area contributed by atoms with E-state index >= 15 is 0 Å². The normalized spacial score (nSPS) is 41.0. The summed E-state index contributed by atoms with van der Waals surface area (Å²) in [7, 11) is 0. The van der Waals surface area contributed by atoms with Crippen LogP contribution in [-0.2, 0) is 4.79 Å². The van der Waals surface area contributed by atoms with E-state index in [1.54, 1.807) is 5.01 Å². The number of nitrogens with zero attached hydrogens (tertiary/aromatic N) is 3. The Morgan fingerprint density at radius 2 is 2.04 bits per heavy atom. The Morgan fingerprint density at radius 3 is 2.79 bits per heavy atom. The molecule has 1 amide bonds. The van der Waals surface area contributed by atoms with Crippen LogP contribution in [0.2, 0.25) is 0 Å². The van der Waals surface area contributed by atoms with Crippen LogP contribution >= 0.6 is 0 Å². The molecule has 0 aromatic carbocycles. The highest BCUT2D eigenvalue weighted by molar-refractivity contribution is 5.81. The van der Waals surface area contributed by atoms with Crippen LogP contribution in [0.1, 0.15) is 13.3 Å². The Labute approximate surface area is 166 Å². The number of likely N-dealkylation sites (N-methyl/N-ethyl adjacent to an activating group) is 1. The number of alkyl halides is 1. The van der Waals surface area contributed by atoms with Gasteiger partial charge in [0.25, 0.3) is 0 Å². The number of nitrogens with one attached hydrogen (secondary N) is 4. The summed E-state index contributed by atoms with van der Waals surface area (Å²) in [6.07, 6.45) is -0.689. The number of carbonyl (C=O) groups is 1. The zero-order valence-electron chi connectivity index (χ0n) is 16.7. The molecule has 0 saturated carbocycles. The topological polar surface area (TPSA) is 101 Å². The highest BCUT2D eigenvalue weighted by atomic mass is 19.1. The number of piperidine rings is 1. The van der Waals surface area contributed by atoms with E-state index in [1.165, 1.54) is 0 Å². The van der Waals surface area contributed by atoms with Crippen LogP contribution in [0.4, 0.5) is 4.39 Å². The number of carbonyl (C=O) groups excluding carboxylic acids is 1. The van der Waals surface area contributed by atoms with Crippen LogP contribution in [0.5, 0.6) is 0 Å². The van der Waals surface area contributed by atoms with E-state index in [0.717, 1.165) is 52.2 Å². The summed E-state index contributed by atoms with van der Waals surface area (Å²) in [5, 5.41) is 11.6. The van der Waals surface area contributed by atoms with Gasteiger partial charge in [-0.1, -0.05) is 6.92 Å². The third-order valence-electron chi connectivity index (χ3n) is 6.72. The fourth-order valence-corrected chi connectivity index (χ4v) is 5.10. The molecule has 160 valence electrons. The van der Waals surface area contributed by atoms with Crippen LogP contribution in [0.15, 0.2) is 0 Å². The molecule has 10 heteroatoms. The first kappa shape index (κ1) is 20.4. The van der Waals surface area contributed by atoms with Gasteiger partial charge in [-0.3, -0.25) is 15.0 Å². The van der Waals surface area contributed by atoms with Crippen molar-refractivity contribution in [3.05, 3.63) is 0 Å². The number of piperazine rings is 1. The predicted octanol–water partition coefficient (Wildman–Crippen LogP) is -2.54. The van der Waals surface area contributed by atoms with Gasteiger partial charge in [0.05, 0.1) is 24.3 Å². The fraction of sp³-hybridized carbons (Fsp3) is 0.944. The maximum atomic E-state index is 13.7. The van der Waals surface area contributed by atoms with Gasteiger partial charge in [-0.15, -0.1) is 0 Å². The van der Waals surface area contributed by atoms with Crippen LogP contribution in [0.3, 0.4) is 0 Å². The summed E-state index contributed by atoms with van der Waals surface area (Å²) in [5.74, 6) is -0.491. The quantitative estimate of drug-likeness (QED) is 0.353. The Balaban J connectivity index is 1.38. The largest absolute Gasteiger partial charge is 0.350 e. The maximum absolute atomic E-state index is 13.7. The van der Waals surface area contributed by atoms with Gasteiger partial charge in [-0.05, 0) is 19.5 Å². The minimum absolute atomic E-state index is 0.0526. The molecule has 0 aromatic heterocycles. The lowest BCUT2D eigenvalue weighted by Crippen LogP contribution is -2.64. The van der Waals surface area contributed by atoms with Gasteiger partial charge in [0.1, 0.15) is 6.17 Å². The summed E-state index contributed by atoms with van der Waals surface area (Å²) in [6.45, 7) is 9.83. The van der Waals surface area contributed by atoms with E-state index in [2.05, 4.69) is 38.1 Å². The zero-order valence-corrected chi connectivity index (χ0v) is 16.7. The fourth-order valence-electron chi connectivity index (χ4n) is 5.10. The van der Waals surface area contributed by atoms with Gasteiger partial charge in [0, 0.05) is 51.9 Å². The Hall–Kier alpha value is -0.880. The number of hydrazine groups is 1. The molecule has 28 heavy (non-hydrogen) atoms. The second kappa shape index (κ2) is 8.86. The van der Waals surface area contributed by atoms with Crippen molar-refractivity contribution in [1.29, 1.82) is 0 Å². The van der Waals surface area contributed by atoms with E-state index in [0.29, 0.717) is 6.04 Å². The number of rotatable bonds is 4. The third-order valence-corrected chi connectivity index (χ3v) is 6.72. The second-order valence-corrected chi connectivity index (χ2v) is 8.43. The summed E-state index contributed by atoms with van der Waals surface area (Å²) < 4.78 is 13.7. The number of hydrogen-bond acceptors (Lipinski definition) is 8. The number of amides is 1. The smallest absolute Gasteiger partial charge is 0.229 e. The first-order valence-corrected chi connectivity index (χ1v) is 10.7. The number of fused-ring (bicyclic) bond motifs is 1. The molecule has 0 aliphatic carbocycles. The highest BCUT2D eigenvalue weighted by Gasteiger charge is 2.47. The molecule has 4 rings (SSSR count). The van der Waals surface area contributed by atoms with Crippen molar-refractivity contribution in [3.8, 4) is 0 Å². The van der Waals surface area contributed by atoms with Crippen molar-refractivity contribution in [1.82, 2.24) is 36.2 Å². The SMILES string of the molecule is CCN1CCN(C2CCNCC2NC(=O)C2C(N)NN3CC(F)CNC23)CC1. The second-order valence-electron chi connectivity index (χ2n) is 8.43. The monoisotopic (exact) mass is 398 g/mol. The van der Waals surface area contributed by atoms with Crippen molar-refractivity contribution in [2.75, 3.05) is 58.9 Å². The Kier molecular flexibility index (Phi) is 6.46. The Bertz CT molecular complexity index is 546. The van der Waals surface area contributed by atoms with Crippen LogP contribution in [0.25, 0.3) is 0 Å². The van der Waals surface area contributed by atoms with E-state index in [-0.39, 0.29) is 31.2 Å². The molecule has 0 spiro atoms. The van der Waals surface area contributed by atoms with E-state index in [9.17, 15) is 9.18 Å². The number of halogens is 1. The van der Waals surface area contributed by atoms with Crippen molar-refractivity contribution in [2.24, 2.45) is 11.7 Å². The lowest BCUT2D eigenvalue weighted by molar-refractivity contribution is -0.128. The summed E-state index contributed by atoms with van der Waals surface area (Å²) in [6, 6.07) is 0.411. The molecule has 9 nitrogen and oxygen atoms in total. The molecule has 4 heterocycles. The number of nitrogens with two attached hydrogens (primary N) is 1. The lowest BCUT2D eigenvalue weighted by Gasteiger charge is -2.44. The molecule has 4 aliphatic heterocycles. The van der Waals surface area contributed by atoms with Gasteiger partial charge in [0.2, 0.25) is 5.91 Å². The van der Waals surface area contributed by atoms with Crippen LogP contribution in [-0.4, -0.2) is 110 Å². The van der Waals surface area contributed by atoms with Crippen LogP contribution in [0, 0.1) is 5.92 Å². The molecule has 0 radical (unpaired) electrons. The molecule has 4 aliphatic rings. The van der Waals surface area contributed by atoms with Gasteiger partial charge in [-0.2, -0.15) is 0 Å². The third kappa shape index (κ3) is 4.18. The molecular formula is C18H35FN8O. The molecule has 0 aromatic rings. The molecule has 4 fully saturated rings.